The van der Waals surface area contributed by atoms with E-state index in [1.54, 1.807) is 23.2 Å². The molecule has 4 rings (SSSR count). The van der Waals surface area contributed by atoms with Gasteiger partial charge in [0.15, 0.2) is 5.13 Å². The molecule has 0 aliphatic carbocycles. The highest BCUT2D eigenvalue weighted by Crippen LogP contribution is 2.33. The molecule has 0 saturated heterocycles. The number of nitrogens with one attached hydrogen (secondary N) is 1. The Balaban J connectivity index is 1.50. The monoisotopic (exact) mass is 397 g/mol. The summed E-state index contributed by atoms with van der Waals surface area (Å²) < 4.78 is 0. The van der Waals surface area contributed by atoms with Crippen LogP contribution in [0.4, 0.5) is 5.13 Å². The molecule has 1 aliphatic heterocycles. The fraction of sp³-hybridized carbons (Fsp3) is 0.250. The van der Waals surface area contributed by atoms with Crippen molar-refractivity contribution in [2.45, 2.75) is 25.8 Å². The molecule has 1 unspecified atom stereocenters. The number of thiophene rings is 1. The third-order valence-corrected chi connectivity index (χ3v) is 6.37. The van der Waals surface area contributed by atoms with E-state index in [0.29, 0.717) is 11.7 Å². The first kappa shape index (κ1) is 17.9. The van der Waals surface area contributed by atoms with Crippen molar-refractivity contribution in [3.8, 4) is 10.6 Å². The molecule has 0 saturated carbocycles. The maximum absolute atomic E-state index is 12.7. The van der Waals surface area contributed by atoms with Gasteiger partial charge in [-0.05, 0) is 29.0 Å². The second-order valence-electron chi connectivity index (χ2n) is 6.44. The number of carbonyl (C=O) groups is 2. The fourth-order valence-corrected chi connectivity index (χ4v) is 4.95. The van der Waals surface area contributed by atoms with Crippen LogP contribution in [-0.4, -0.2) is 28.2 Å². The molecule has 0 spiro atoms. The number of nitrogens with zero attached hydrogens (tertiary/aromatic N) is 2. The van der Waals surface area contributed by atoms with Crippen LogP contribution in [0.15, 0.2) is 47.2 Å². The van der Waals surface area contributed by atoms with Crippen LogP contribution in [0, 0.1) is 0 Å². The zero-order valence-corrected chi connectivity index (χ0v) is 16.5. The van der Waals surface area contributed by atoms with Gasteiger partial charge >= 0.3 is 0 Å². The summed E-state index contributed by atoms with van der Waals surface area (Å²) >= 11 is 3.03. The first-order valence-electron chi connectivity index (χ1n) is 8.76. The number of fused-ring (bicyclic) bond motifs is 1. The molecule has 0 fully saturated rings. The Labute approximate surface area is 165 Å². The highest BCUT2D eigenvalue weighted by Gasteiger charge is 2.30. The Bertz CT molecular complexity index is 965. The Hall–Kier alpha value is -2.51. The van der Waals surface area contributed by atoms with Crippen LogP contribution in [0.1, 0.15) is 30.5 Å². The summed E-state index contributed by atoms with van der Waals surface area (Å²) in [6, 6.07) is 11.8. The lowest BCUT2D eigenvalue weighted by molar-refractivity contribution is -0.132. The van der Waals surface area contributed by atoms with Crippen LogP contribution in [0.5, 0.6) is 0 Å². The van der Waals surface area contributed by atoms with E-state index in [-0.39, 0.29) is 24.3 Å². The number of carbonyl (C=O) groups excluding carboxylic acids is 2. The zero-order valence-electron chi connectivity index (χ0n) is 14.8. The van der Waals surface area contributed by atoms with E-state index in [0.717, 1.165) is 22.6 Å². The summed E-state index contributed by atoms with van der Waals surface area (Å²) in [7, 11) is 0. The molecule has 0 bridgehead atoms. The average molecular weight is 398 g/mol. The second kappa shape index (κ2) is 7.62. The number of benzene rings is 1. The SMILES string of the molecule is CC(=O)N1CCc2ccccc2C1CC(=O)Nc1nc(-c2cccs2)cs1. The standard InChI is InChI=1S/C20H19N3O2S2/c1-13(24)23-9-8-14-5-2-3-6-15(14)17(23)11-19(25)22-20-21-16(12-27-20)18-7-4-10-26-18/h2-7,10,12,17H,8-9,11H2,1H3,(H,21,22,25). The van der Waals surface area contributed by atoms with Crippen molar-refractivity contribution in [2.24, 2.45) is 0 Å². The molecule has 0 radical (unpaired) electrons. The Kier molecular flexibility index (Phi) is 5.05. The smallest absolute Gasteiger partial charge is 0.228 e. The number of thiazole rings is 1. The van der Waals surface area contributed by atoms with Gasteiger partial charge in [-0.15, -0.1) is 22.7 Å². The molecule has 5 nitrogen and oxygen atoms in total. The number of hydrogen-bond acceptors (Lipinski definition) is 5. The van der Waals surface area contributed by atoms with Gasteiger partial charge in [0.1, 0.15) is 0 Å². The van der Waals surface area contributed by atoms with Crippen molar-refractivity contribution in [1.82, 2.24) is 9.88 Å². The quantitative estimate of drug-likeness (QED) is 0.712. The van der Waals surface area contributed by atoms with E-state index in [4.69, 9.17) is 0 Å². The molecule has 1 aromatic carbocycles. The van der Waals surface area contributed by atoms with Crippen molar-refractivity contribution in [3.63, 3.8) is 0 Å². The molecule has 3 heterocycles. The van der Waals surface area contributed by atoms with Crippen molar-refractivity contribution >= 4 is 39.6 Å². The first-order chi connectivity index (χ1) is 13.1. The summed E-state index contributed by atoms with van der Waals surface area (Å²) in [6.45, 7) is 2.21. The number of anilines is 1. The van der Waals surface area contributed by atoms with Crippen molar-refractivity contribution < 1.29 is 9.59 Å². The summed E-state index contributed by atoms with van der Waals surface area (Å²) in [5.74, 6) is -0.133. The number of rotatable bonds is 4. The normalized spacial score (nSPS) is 16.0. The molecule has 1 atom stereocenters. The van der Waals surface area contributed by atoms with E-state index in [9.17, 15) is 9.59 Å². The molecule has 7 heteroatoms. The van der Waals surface area contributed by atoms with Gasteiger partial charge in [0.25, 0.3) is 0 Å². The second-order valence-corrected chi connectivity index (χ2v) is 8.25. The molecule has 3 aromatic rings. The van der Waals surface area contributed by atoms with Crippen LogP contribution in [0.3, 0.4) is 0 Å². The van der Waals surface area contributed by atoms with Gasteiger partial charge < -0.3 is 10.2 Å². The highest BCUT2D eigenvalue weighted by atomic mass is 32.1. The summed E-state index contributed by atoms with van der Waals surface area (Å²) in [5.41, 5.74) is 3.15. The van der Waals surface area contributed by atoms with Gasteiger partial charge in [0.05, 0.1) is 23.0 Å². The molecular weight excluding hydrogens is 378 g/mol. The number of aromatic nitrogens is 1. The van der Waals surface area contributed by atoms with Gasteiger partial charge in [-0.1, -0.05) is 30.3 Å². The molecule has 1 N–H and O–H groups in total. The topological polar surface area (TPSA) is 62.3 Å². The summed E-state index contributed by atoms with van der Waals surface area (Å²) in [5, 5.41) is 7.43. The third kappa shape index (κ3) is 3.79. The van der Waals surface area contributed by atoms with Gasteiger partial charge in [-0.3, -0.25) is 9.59 Å². The predicted octanol–water partition coefficient (Wildman–Crippen LogP) is 4.35. The molecule has 2 amide bonds. The molecular formula is C20H19N3O2S2. The van der Waals surface area contributed by atoms with E-state index in [1.807, 2.05) is 41.1 Å². The Morgan fingerprint density at radius 1 is 1.22 bits per heavy atom. The summed E-state index contributed by atoms with van der Waals surface area (Å²) in [4.78, 5) is 32.1. The van der Waals surface area contributed by atoms with Crippen LogP contribution >= 0.6 is 22.7 Å². The van der Waals surface area contributed by atoms with Crippen molar-refractivity contribution in [1.29, 1.82) is 0 Å². The predicted molar refractivity (Wildman–Crippen MR) is 109 cm³/mol. The fourth-order valence-electron chi connectivity index (χ4n) is 3.46. The molecule has 138 valence electrons. The van der Waals surface area contributed by atoms with E-state index < -0.39 is 0 Å². The molecule has 27 heavy (non-hydrogen) atoms. The van der Waals surface area contributed by atoms with Gasteiger partial charge in [-0.25, -0.2) is 4.98 Å². The average Bonchev–Trinajstić information content (AvgIpc) is 3.33. The lowest BCUT2D eigenvalue weighted by Crippen LogP contribution is -2.40. The minimum atomic E-state index is -0.232. The Morgan fingerprint density at radius 2 is 2.07 bits per heavy atom. The maximum Gasteiger partial charge on any atom is 0.228 e. The highest BCUT2D eigenvalue weighted by molar-refractivity contribution is 7.16. The number of hydrogen-bond donors (Lipinski definition) is 1. The van der Waals surface area contributed by atoms with Crippen LogP contribution in [0.25, 0.3) is 10.6 Å². The van der Waals surface area contributed by atoms with E-state index in [1.165, 1.54) is 16.9 Å². The largest absolute Gasteiger partial charge is 0.335 e. The minimum Gasteiger partial charge on any atom is -0.335 e. The first-order valence-corrected chi connectivity index (χ1v) is 10.5. The van der Waals surface area contributed by atoms with E-state index >= 15 is 0 Å². The minimum absolute atomic E-state index is 0.00321. The van der Waals surface area contributed by atoms with Crippen LogP contribution in [-0.2, 0) is 16.0 Å². The van der Waals surface area contributed by atoms with Gasteiger partial charge in [0, 0.05) is 18.8 Å². The van der Waals surface area contributed by atoms with Gasteiger partial charge in [-0.2, -0.15) is 0 Å². The number of amides is 2. The van der Waals surface area contributed by atoms with Crippen LogP contribution < -0.4 is 5.32 Å². The Morgan fingerprint density at radius 3 is 2.85 bits per heavy atom. The lowest BCUT2D eigenvalue weighted by atomic mass is 9.90. The van der Waals surface area contributed by atoms with Crippen molar-refractivity contribution in [3.05, 3.63) is 58.3 Å². The summed E-state index contributed by atoms with van der Waals surface area (Å²) in [6.07, 6.45) is 1.05. The third-order valence-electron chi connectivity index (χ3n) is 4.72. The van der Waals surface area contributed by atoms with Gasteiger partial charge in [0.2, 0.25) is 11.8 Å². The van der Waals surface area contributed by atoms with Crippen LogP contribution in [0.2, 0.25) is 0 Å². The molecule has 1 aliphatic rings. The lowest BCUT2D eigenvalue weighted by Gasteiger charge is -2.36. The van der Waals surface area contributed by atoms with E-state index in [2.05, 4.69) is 16.4 Å². The maximum atomic E-state index is 12.7. The zero-order chi connectivity index (χ0) is 18.8. The van der Waals surface area contributed by atoms with Crippen molar-refractivity contribution in [2.75, 3.05) is 11.9 Å². The molecule has 2 aromatic heterocycles.